The third-order valence-electron chi connectivity index (χ3n) is 4.82. The van der Waals surface area contributed by atoms with Crippen LogP contribution in [-0.2, 0) is 6.42 Å². The molecule has 4 rings (SSSR count). The Balaban J connectivity index is 1.55. The zero-order valence-corrected chi connectivity index (χ0v) is 17.8. The molecule has 0 saturated heterocycles. The van der Waals surface area contributed by atoms with Crippen molar-refractivity contribution in [3.05, 3.63) is 58.4 Å². The Hall–Kier alpha value is -3.10. The van der Waals surface area contributed by atoms with Crippen LogP contribution in [0.5, 0.6) is 11.5 Å². The van der Waals surface area contributed by atoms with E-state index in [9.17, 15) is 5.21 Å². The molecule has 156 valence electrons. The number of amidine groups is 1. The molecule has 0 radical (unpaired) electrons. The molecule has 1 aliphatic heterocycles. The van der Waals surface area contributed by atoms with E-state index in [0.29, 0.717) is 25.4 Å². The van der Waals surface area contributed by atoms with Gasteiger partial charge in [-0.3, -0.25) is 15.2 Å². The lowest BCUT2D eigenvalue weighted by Crippen LogP contribution is -2.39. The summed E-state index contributed by atoms with van der Waals surface area (Å²) in [4.78, 5) is 10.1. The number of nitrogens with zero attached hydrogens (tertiary/aromatic N) is 3. The normalized spacial score (nSPS) is 15.2. The van der Waals surface area contributed by atoms with Gasteiger partial charge in [0.05, 0.1) is 29.8 Å². The second-order valence-corrected chi connectivity index (χ2v) is 7.59. The molecule has 1 aromatic carbocycles. The zero-order chi connectivity index (χ0) is 20.9. The van der Waals surface area contributed by atoms with E-state index in [2.05, 4.69) is 15.3 Å². The lowest BCUT2D eigenvalue weighted by molar-refractivity contribution is -0.0186. The van der Waals surface area contributed by atoms with Crippen molar-refractivity contribution in [2.75, 3.05) is 26.9 Å². The fourth-order valence-corrected chi connectivity index (χ4v) is 4.23. The average Bonchev–Trinajstić information content (AvgIpc) is 3.24. The van der Waals surface area contributed by atoms with E-state index in [1.165, 1.54) is 0 Å². The second kappa shape index (κ2) is 9.15. The first-order valence-electron chi connectivity index (χ1n) is 9.78. The summed E-state index contributed by atoms with van der Waals surface area (Å²) in [6, 6.07) is 9.85. The SMILES string of the molecule is CCOc1csc(C2=CC(=NCCc3c(OC)ccc4ncccc34)N(O)CN2)c1. The van der Waals surface area contributed by atoms with Crippen LogP contribution in [0.2, 0.25) is 0 Å². The van der Waals surface area contributed by atoms with Crippen molar-refractivity contribution in [2.24, 2.45) is 4.99 Å². The van der Waals surface area contributed by atoms with Gasteiger partial charge in [-0.15, -0.1) is 11.3 Å². The van der Waals surface area contributed by atoms with Crippen LogP contribution in [0.1, 0.15) is 17.4 Å². The Bertz CT molecular complexity index is 1090. The van der Waals surface area contributed by atoms with Crippen molar-refractivity contribution >= 4 is 33.8 Å². The molecule has 7 nitrogen and oxygen atoms in total. The molecular weight excluding hydrogens is 400 g/mol. The van der Waals surface area contributed by atoms with Gasteiger partial charge in [-0.2, -0.15) is 0 Å². The molecule has 0 unspecified atom stereocenters. The predicted molar refractivity (Wildman–Crippen MR) is 119 cm³/mol. The number of thiophene rings is 1. The second-order valence-electron chi connectivity index (χ2n) is 6.68. The molecule has 0 fully saturated rings. The minimum atomic E-state index is 0.272. The topological polar surface area (TPSA) is 79.2 Å². The molecule has 0 bridgehead atoms. The van der Waals surface area contributed by atoms with Crippen molar-refractivity contribution in [1.29, 1.82) is 0 Å². The molecule has 1 aliphatic rings. The Morgan fingerprint density at radius 1 is 1.33 bits per heavy atom. The highest BCUT2D eigenvalue weighted by molar-refractivity contribution is 7.11. The molecular formula is C22H24N4O3S. The number of nitrogens with one attached hydrogen (secondary N) is 1. The predicted octanol–water partition coefficient (Wildman–Crippen LogP) is 3.94. The average molecular weight is 425 g/mol. The van der Waals surface area contributed by atoms with Gasteiger partial charge in [0.25, 0.3) is 0 Å². The highest BCUT2D eigenvalue weighted by Gasteiger charge is 2.17. The fraction of sp³-hybridized carbons (Fsp3) is 0.273. The number of hydrogen-bond donors (Lipinski definition) is 2. The maximum absolute atomic E-state index is 10.2. The van der Waals surface area contributed by atoms with Gasteiger partial charge < -0.3 is 14.8 Å². The third-order valence-corrected chi connectivity index (χ3v) is 5.76. The molecule has 0 saturated carbocycles. The van der Waals surface area contributed by atoms with Crippen LogP contribution in [0.4, 0.5) is 0 Å². The number of rotatable bonds is 7. The van der Waals surface area contributed by atoms with Crippen molar-refractivity contribution in [3.63, 3.8) is 0 Å². The van der Waals surface area contributed by atoms with Crippen LogP contribution in [0.15, 0.2) is 53.0 Å². The van der Waals surface area contributed by atoms with Gasteiger partial charge in [0.1, 0.15) is 18.2 Å². The first-order valence-corrected chi connectivity index (χ1v) is 10.7. The lowest BCUT2D eigenvalue weighted by Gasteiger charge is -2.24. The smallest absolute Gasteiger partial charge is 0.151 e. The number of aromatic nitrogens is 1. The third kappa shape index (κ3) is 4.24. The van der Waals surface area contributed by atoms with Gasteiger partial charge in [-0.25, -0.2) is 5.06 Å². The van der Waals surface area contributed by atoms with E-state index in [1.807, 2.05) is 48.7 Å². The summed E-state index contributed by atoms with van der Waals surface area (Å²) in [6.07, 6.45) is 4.31. The first kappa shape index (κ1) is 20.2. The van der Waals surface area contributed by atoms with Gasteiger partial charge in [-0.05, 0) is 31.5 Å². The highest BCUT2D eigenvalue weighted by Crippen LogP contribution is 2.29. The van der Waals surface area contributed by atoms with E-state index in [1.54, 1.807) is 24.6 Å². The fourth-order valence-electron chi connectivity index (χ4n) is 3.41. The van der Waals surface area contributed by atoms with Gasteiger partial charge in [-0.1, -0.05) is 6.07 Å². The van der Waals surface area contributed by atoms with Crippen LogP contribution < -0.4 is 14.8 Å². The minimum absolute atomic E-state index is 0.272. The Kier molecular flexibility index (Phi) is 6.15. The minimum Gasteiger partial charge on any atom is -0.496 e. The number of fused-ring (bicyclic) bond motifs is 1. The van der Waals surface area contributed by atoms with Crippen molar-refractivity contribution < 1.29 is 14.7 Å². The molecule has 8 heteroatoms. The number of aliphatic imine (C=N–C) groups is 1. The molecule has 2 N–H and O–H groups in total. The van der Waals surface area contributed by atoms with E-state index >= 15 is 0 Å². The van der Waals surface area contributed by atoms with Crippen LogP contribution >= 0.6 is 11.3 Å². The molecule has 3 aromatic rings. The number of ether oxygens (including phenoxy) is 2. The first-order chi connectivity index (χ1) is 14.7. The number of hydroxylamine groups is 2. The maximum Gasteiger partial charge on any atom is 0.151 e. The van der Waals surface area contributed by atoms with Crippen molar-refractivity contribution in [1.82, 2.24) is 15.4 Å². The lowest BCUT2D eigenvalue weighted by atomic mass is 10.0. The van der Waals surface area contributed by atoms with E-state index in [0.717, 1.165) is 43.6 Å². The van der Waals surface area contributed by atoms with E-state index in [4.69, 9.17) is 9.47 Å². The largest absolute Gasteiger partial charge is 0.496 e. The number of methoxy groups -OCH3 is 1. The Morgan fingerprint density at radius 2 is 2.23 bits per heavy atom. The zero-order valence-electron chi connectivity index (χ0n) is 17.0. The van der Waals surface area contributed by atoms with Crippen molar-refractivity contribution in [3.8, 4) is 11.5 Å². The van der Waals surface area contributed by atoms with Gasteiger partial charge >= 0.3 is 0 Å². The summed E-state index contributed by atoms with van der Waals surface area (Å²) in [7, 11) is 1.67. The molecule has 0 aliphatic carbocycles. The number of hydrogen-bond acceptors (Lipinski definition) is 7. The van der Waals surface area contributed by atoms with Crippen molar-refractivity contribution in [2.45, 2.75) is 13.3 Å². The summed E-state index contributed by atoms with van der Waals surface area (Å²) >= 11 is 1.59. The van der Waals surface area contributed by atoms with Crippen LogP contribution in [0.3, 0.4) is 0 Å². The van der Waals surface area contributed by atoms with Crippen LogP contribution in [-0.4, -0.2) is 48.0 Å². The monoisotopic (exact) mass is 424 g/mol. The van der Waals surface area contributed by atoms with Crippen LogP contribution in [0.25, 0.3) is 16.6 Å². The molecule has 30 heavy (non-hydrogen) atoms. The molecule has 2 aromatic heterocycles. The molecule has 0 atom stereocenters. The van der Waals surface area contributed by atoms with E-state index in [-0.39, 0.29) is 6.67 Å². The van der Waals surface area contributed by atoms with Gasteiger partial charge in [0.15, 0.2) is 5.84 Å². The quantitative estimate of drug-likeness (QED) is 0.598. The number of pyridine rings is 1. The summed E-state index contributed by atoms with van der Waals surface area (Å²) in [6.45, 7) is 3.38. The summed E-state index contributed by atoms with van der Waals surface area (Å²) in [5.74, 6) is 2.19. The maximum atomic E-state index is 10.2. The van der Waals surface area contributed by atoms with Gasteiger partial charge in [0.2, 0.25) is 0 Å². The summed E-state index contributed by atoms with van der Waals surface area (Å²) in [5.41, 5.74) is 2.91. The molecule has 0 spiro atoms. The highest BCUT2D eigenvalue weighted by atomic mass is 32.1. The summed E-state index contributed by atoms with van der Waals surface area (Å²) < 4.78 is 11.1. The molecule has 0 amide bonds. The van der Waals surface area contributed by atoms with E-state index < -0.39 is 0 Å². The Labute approximate surface area is 179 Å². The van der Waals surface area contributed by atoms with Crippen LogP contribution in [0, 0.1) is 0 Å². The Morgan fingerprint density at radius 3 is 3.07 bits per heavy atom. The van der Waals surface area contributed by atoms with Gasteiger partial charge in [0, 0.05) is 41.2 Å². The molecule has 3 heterocycles. The standard InChI is InChI=1S/C22H24N4O3S/c1-3-29-15-11-21(30-13-15)19-12-22(26(27)14-25-19)24-10-8-17-16-5-4-9-23-18(16)6-7-20(17)28-2/h4-7,9,11-13,25,27H,3,8,10,14H2,1-2H3. The summed E-state index contributed by atoms with van der Waals surface area (Å²) in [5, 5.41) is 17.6. The number of benzene rings is 1.